The monoisotopic (exact) mass is 439 g/mol. The highest BCUT2D eigenvalue weighted by Crippen LogP contribution is 2.30. The number of hydrogen-bond acceptors (Lipinski definition) is 6. The number of carbonyl (C=O) groups excluding carboxylic acids is 1. The molecular formula is C26H21N3O4. The fourth-order valence-corrected chi connectivity index (χ4v) is 3.25. The summed E-state index contributed by atoms with van der Waals surface area (Å²) in [6.45, 7) is 1.78. The molecule has 1 N–H and O–H groups in total. The first-order chi connectivity index (χ1) is 16.1. The molecule has 1 aromatic heterocycles. The van der Waals surface area contributed by atoms with Gasteiger partial charge in [-0.25, -0.2) is 4.98 Å². The van der Waals surface area contributed by atoms with Crippen LogP contribution in [-0.4, -0.2) is 24.6 Å². The molecule has 3 aromatic carbocycles. The maximum atomic E-state index is 12.2. The minimum atomic E-state index is -0.283. The van der Waals surface area contributed by atoms with Crippen LogP contribution in [0.2, 0.25) is 0 Å². The van der Waals surface area contributed by atoms with Gasteiger partial charge in [0.2, 0.25) is 5.89 Å². The molecule has 7 nitrogen and oxygen atoms in total. The van der Waals surface area contributed by atoms with E-state index in [4.69, 9.17) is 13.9 Å². The zero-order valence-corrected chi connectivity index (χ0v) is 18.2. The SMILES string of the molecule is COc1cc(/C=C(/C#N)c2nc3ccccc3o2)ccc1OCC(=O)Nc1cccc(C)c1. The van der Waals surface area contributed by atoms with Crippen molar-refractivity contribution in [3.63, 3.8) is 0 Å². The quantitative estimate of drug-likeness (QED) is 0.396. The topological polar surface area (TPSA) is 97.4 Å². The molecule has 0 radical (unpaired) electrons. The van der Waals surface area contributed by atoms with Crippen molar-refractivity contribution in [3.05, 3.63) is 83.7 Å². The molecule has 4 rings (SSSR count). The number of ether oxygens (including phenoxy) is 2. The fourth-order valence-electron chi connectivity index (χ4n) is 3.25. The standard InChI is InChI=1S/C26H21N3O4/c1-17-6-5-7-20(12-17)28-25(30)16-32-23-11-10-18(14-24(23)31-2)13-19(15-27)26-29-21-8-3-4-9-22(21)33-26/h3-14H,16H2,1-2H3,(H,28,30)/b19-13-. The van der Waals surface area contributed by atoms with Crippen LogP contribution >= 0.6 is 0 Å². The number of benzene rings is 3. The summed E-state index contributed by atoms with van der Waals surface area (Å²) in [6, 6.07) is 22.1. The number of nitriles is 1. The second-order valence-electron chi connectivity index (χ2n) is 7.27. The van der Waals surface area contributed by atoms with Crippen molar-refractivity contribution in [1.82, 2.24) is 4.98 Å². The van der Waals surface area contributed by atoms with E-state index in [1.54, 1.807) is 30.3 Å². The third-order valence-electron chi connectivity index (χ3n) is 4.80. The molecule has 7 heteroatoms. The Labute approximate surface area is 190 Å². The minimum Gasteiger partial charge on any atom is -0.493 e. The Morgan fingerprint density at radius 1 is 1.12 bits per heavy atom. The van der Waals surface area contributed by atoms with Gasteiger partial charge in [-0.15, -0.1) is 0 Å². The summed E-state index contributed by atoms with van der Waals surface area (Å²) in [5, 5.41) is 12.4. The lowest BCUT2D eigenvalue weighted by Crippen LogP contribution is -2.20. The highest BCUT2D eigenvalue weighted by Gasteiger charge is 2.13. The van der Waals surface area contributed by atoms with Crippen molar-refractivity contribution in [2.24, 2.45) is 0 Å². The number of aromatic nitrogens is 1. The average molecular weight is 439 g/mol. The number of hydrogen-bond donors (Lipinski definition) is 1. The lowest BCUT2D eigenvalue weighted by Gasteiger charge is -2.12. The average Bonchev–Trinajstić information content (AvgIpc) is 3.25. The number of rotatable bonds is 7. The number of fused-ring (bicyclic) bond motifs is 1. The molecule has 0 aliphatic carbocycles. The molecule has 0 saturated carbocycles. The van der Waals surface area contributed by atoms with Crippen LogP contribution in [0.25, 0.3) is 22.7 Å². The Kier molecular flexibility index (Phi) is 6.37. The zero-order valence-electron chi connectivity index (χ0n) is 18.2. The number of allylic oxidation sites excluding steroid dienone is 1. The predicted molar refractivity (Wildman–Crippen MR) is 126 cm³/mol. The first kappa shape index (κ1) is 21.7. The second-order valence-corrected chi connectivity index (χ2v) is 7.27. The Hall–Kier alpha value is -4.57. The van der Waals surface area contributed by atoms with Crippen LogP contribution in [0.1, 0.15) is 17.0 Å². The highest BCUT2D eigenvalue weighted by molar-refractivity contribution is 5.92. The third-order valence-corrected chi connectivity index (χ3v) is 4.80. The maximum absolute atomic E-state index is 12.2. The van der Waals surface area contributed by atoms with Gasteiger partial charge in [0.05, 0.1) is 7.11 Å². The summed E-state index contributed by atoms with van der Waals surface area (Å²) in [4.78, 5) is 16.6. The van der Waals surface area contributed by atoms with Crippen LogP contribution in [0.15, 0.2) is 71.1 Å². The number of anilines is 1. The summed E-state index contributed by atoms with van der Waals surface area (Å²) < 4.78 is 16.8. The summed E-state index contributed by atoms with van der Waals surface area (Å²) in [5.41, 5.74) is 4.02. The molecule has 164 valence electrons. The third kappa shape index (κ3) is 5.20. The van der Waals surface area contributed by atoms with Crippen molar-refractivity contribution in [3.8, 4) is 17.6 Å². The van der Waals surface area contributed by atoms with Crippen molar-refractivity contribution in [2.45, 2.75) is 6.92 Å². The van der Waals surface area contributed by atoms with E-state index >= 15 is 0 Å². The number of carbonyl (C=O) groups is 1. The number of aryl methyl sites for hydroxylation is 1. The molecule has 33 heavy (non-hydrogen) atoms. The lowest BCUT2D eigenvalue weighted by atomic mass is 10.1. The zero-order chi connectivity index (χ0) is 23.2. The predicted octanol–water partition coefficient (Wildman–Crippen LogP) is 5.23. The molecule has 0 spiro atoms. The molecular weight excluding hydrogens is 418 g/mol. The van der Waals surface area contributed by atoms with Crippen LogP contribution < -0.4 is 14.8 Å². The van der Waals surface area contributed by atoms with Gasteiger partial charge in [-0.3, -0.25) is 4.79 Å². The molecule has 0 aliphatic rings. The number of oxazole rings is 1. The molecule has 0 unspecified atom stereocenters. The number of nitrogens with zero attached hydrogens (tertiary/aromatic N) is 2. The second kappa shape index (κ2) is 9.71. The van der Waals surface area contributed by atoms with Gasteiger partial charge >= 0.3 is 0 Å². The van der Waals surface area contributed by atoms with Gasteiger partial charge in [-0.05, 0) is 60.5 Å². The van der Waals surface area contributed by atoms with Gasteiger partial charge in [-0.1, -0.05) is 30.3 Å². The van der Waals surface area contributed by atoms with Crippen LogP contribution in [0.5, 0.6) is 11.5 Å². The molecule has 0 atom stereocenters. The van der Waals surface area contributed by atoms with E-state index in [1.807, 2.05) is 49.4 Å². The Bertz CT molecular complexity index is 1350. The van der Waals surface area contributed by atoms with Gasteiger partial charge in [0.15, 0.2) is 23.7 Å². The Balaban J connectivity index is 1.48. The lowest BCUT2D eigenvalue weighted by molar-refractivity contribution is -0.118. The van der Waals surface area contributed by atoms with Crippen LogP contribution in [-0.2, 0) is 4.79 Å². The molecule has 0 aliphatic heterocycles. The number of nitrogens with one attached hydrogen (secondary N) is 1. The summed E-state index contributed by atoms with van der Waals surface area (Å²) >= 11 is 0. The number of para-hydroxylation sites is 2. The van der Waals surface area contributed by atoms with Crippen LogP contribution in [0.3, 0.4) is 0 Å². The van der Waals surface area contributed by atoms with E-state index in [0.29, 0.717) is 33.8 Å². The first-order valence-corrected chi connectivity index (χ1v) is 10.2. The molecule has 1 amide bonds. The van der Waals surface area contributed by atoms with Crippen molar-refractivity contribution < 1.29 is 18.7 Å². The molecule has 4 aromatic rings. The van der Waals surface area contributed by atoms with E-state index in [2.05, 4.69) is 16.4 Å². The maximum Gasteiger partial charge on any atom is 0.262 e. The summed E-state index contributed by atoms with van der Waals surface area (Å²) in [5.74, 6) is 0.802. The van der Waals surface area contributed by atoms with Gasteiger partial charge in [0.25, 0.3) is 5.91 Å². The van der Waals surface area contributed by atoms with Crippen molar-refractivity contribution in [1.29, 1.82) is 5.26 Å². The smallest absolute Gasteiger partial charge is 0.262 e. The van der Waals surface area contributed by atoms with Gasteiger partial charge < -0.3 is 19.2 Å². The van der Waals surface area contributed by atoms with Gasteiger partial charge in [-0.2, -0.15) is 5.26 Å². The van der Waals surface area contributed by atoms with Crippen LogP contribution in [0, 0.1) is 18.3 Å². The van der Waals surface area contributed by atoms with Gasteiger partial charge in [0.1, 0.15) is 17.2 Å². The van der Waals surface area contributed by atoms with Crippen molar-refractivity contribution in [2.75, 3.05) is 19.0 Å². The fraction of sp³-hybridized carbons (Fsp3) is 0.115. The Morgan fingerprint density at radius 2 is 1.97 bits per heavy atom. The highest BCUT2D eigenvalue weighted by atomic mass is 16.5. The molecule has 1 heterocycles. The number of amides is 1. The Morgan fingerprint density at radius 3 is 2.73 bits per heavy atom. The molecule has 0 bridgehead atoms. The van der Waals surface area contributed by atoms with Crippen molar-refractivity contribution >= 4 is 34.3 Å². The van der Waals surface area contributed by atoms with E-state index < -0.39 is 0 Å². The minimum absolute atomic E-state index is 0.175. The number of methoxy groups -OCH3 is 1. The van der Waals surface area contributed by atoms with Crippen LogP contribution in [0.4, 0.5) is 5.69 Å². The first-order valence-electron chi connectivity index (χ1n) is 10.2. The largest absolute Gasteiger partial charge is 0.493 e. The molecule has 0 fully saturated rings. The molecule has 0 saturated heterocycles. The van der Waals surface area contributed by atoms with E-state index in [-0.39, 0.29) is 24.0 Å². The summed E-state index contributed by atoms with van der Waals surface area (Å²) in [7, 11) is 1.51. The van der Waals surface area contributed by atoms with Gasteiger partial charge in [0, 0.05) is 5.69 Å². The van der Waals surface area contributed by atoms with E-state index in [0.717, 1.165) is 5.56 Å². The van der Waals surface area contributed by atoms with E-state index in [1.165, 1.54) is 7.11 Å². The normalized spacial score (nSPS) is 11.1. The van der Waals surface area contributed by atoms with E-state index in [9.17, 15) is 10.1 Å². The summed E-state index contributed by atoms with van der Waals surface area (Å²) in [6.07, 6.45) is 1.65.